The first kappa shape index (κ1) is 33.4. The van der Waals surface area contributed by atoms with Crippen molar-refractivity contribution in [2.24, 2.45) is 5.92 Å². The van der Waals surface area contributed by atoms with Crippen LogP contribution in [0.25, 0.3) is 6.08 Å². The Balaban J connectivity index is 0.00000287. The van der Waals surface area contributed by atoms with Crippen molar-refractivity contribution in [2.45, 2.75) is 46.8 Å². The van der Waals surface area contributed by atoms with E-state index in [0.717, 1.165) is 0 Å². The van der Waals surface area contributed by atoms with E-state index in [0.29, 0.717) is 60.4 Å². The number of anilines is 3. The quantitative estimate of drug-likeness (QED) is 0.294. The summed E-state index contributed by atoms with van der Waals surface area (Å²) < 4.78 is 34.0. The predicted molar refractivity (Wildman–Crippen MR) is 164 cm³/mol. The van der Waals surface area contributed by atoms with Gasteiger partial charge in [0.15, 0.2) is 0 Å². The number of hydrogen-bond acceptors (Lipinski definition) is 7. The molecule has 1 aliphatic rings. The van der Waals surface area contributed by atoms with Crippen LogP contribution in [0, 0.1) is 11.7 Å². The molecule has 1 unspecified atom stereocenters. The van der Waals surface area contributed by atoms with Crippen molar-refractivity contribution < 1.29 is 18.3 Å². The summed E-state index contributed by atoms with van der Waals surface area (Å²) in [6.45, 7) is 17.0. The normalized spacial score (nSPS) is 14.2. The maximum absolute atomic E-state index is 14.5. The zero-order chi connectivity index (χ0) is 30.5. The van der Waals surface area contributed by atoms with Crippen LogP contribution in [0.4, 0.5) is 26.2 Å². The molecule has 0 spiro atoms. The largest absolute Gasteiger partial charge is 0.376 e. The first-order chi connectivity index (χ1) is 19.6. The summed E-state index contributed by atoms with van der Waals surface area (Å²) in [4.78, 5) is 26.4. The van der Waals surface area contributed by atoms with Crippen LogP contribution in [0.3, 0.4) is 0 Å². The number of morpholine rings is 1. The second-order valence-electron chi connectivity index (χ2n) is 10.0. The van der Waals surface area contributed by atoms with Gasteiger partial charge in [0.1, 0.15) is 24.4 Å². The van der Waals surface area contributed by atoms with E-state index in [4.69, 9.17) is 4.74 Å². The average molecular weight is 571 g/mol. The number of hydrogen-bond donors (Lipinski definition) is 1. The lowest BCUT2D eigenvalue weighted by molar-refractivity contribution is -0.125. The lowest BCUT2D eigenvalue weighted by Gasteiger charge is -2.28. The molecule has 2 aromatic rings. The summed E-state index contributed by atoms with van der Waals surface area (Å²) in [7, 11) is 3.63. The van der Waals surface area contributed by atoms with E-state index >= 15 is 0 Å². The molecule has 1 aromatic carbocycles. The van der Waals surface area contributed by atoms with Gasteiger partial charge < -0.3 is 24.8 Å². The van der Waals surface area contributed by atoms with Crippen molar-refractivity contribution in [3.8, 4) is 0 Å². The number of nitrogens with one attached hydrogen (secondary N) is 1. The van der Waals surface area contributed by atoms with Gasteiger partial charge in [0.25, 0.3) is 5.91 Å². The van der Waals surface area contributed by atoms with Gasteiger partial charge in [-0.15, -0.1) is 0 Å². The molecule has 0 aliphatic carbocycles. The highest BCUT2D eigenvalue weighted by Gasteiger charge is 2.21. The number of halogens is 2. The number of ether oxygens (including phenoxy) is 1. The van der Waals surface area contributed by atoms with Crippen LogP contribution in [-0.2, 0) is 16.1 Å². The minimum absolute atomic E-state index is 0.0194. The second kappa shape index (κ2) is 16.5. The number of benzene rings is 1. The summed E-state index contributed by atoms with van der Waals surface area (Å²) in [5.74, 6) is 0.541. The van der Waals surface area contributed by atoms with Crippen molar-refractivity contribution in [1.29, 1.82) is 0 Å². The van der Waals surface area contributed by atoms with E-state index in [-0.39, 0.29) is 25.0 Å². The number of nitrogens with zero attached hydrogens (tertiary/aromatic N) is 5. The van der Waals surface area contributed by atoms with Gasteiger partial charge in [-0.1, -0.05) is 46.9 Å². The zero-order valence-corrected chi connectivity index (χ0v) is 25.2. The molecule has 1 fully saturated rings. The van der Waals surface area contributed by atoms with E-state index < -0.39 is 12.0 Å². The molecule has 1 amide bonds. The van der Waals surface area contributed by atoms with Crippen molar-refractivity contribution in [1.82, 2.24) is 14.9 Å². The zero-order valence-electron chi connectivity index (χ0n) is 25.2. The Kier molecular flexibility index (Phi) is 13.4. The molecule has 10 heteroatoms. The summed E-state index contributed by atoms with van der Waals surface area (Å²) in [5.41, 5.74) is 2.47. The van der Waals surface area contributed by atoms with E-state index in [1.54, 1.807) is 42.6 Å². The van der Waals surface area contributed by atoms with Gasteiger partial charge in [0.2, 0.25) is 5.95 Å². The van der Waals surface area contributed by atoms with Crippen molar-refractivity contribution in [3.05, 3.63) is 72.5 Å². The first-order valence-electron chi connectivity index (χ1n) is 13.9. The average Bonchev–Trinajstić information content (AvgIpc) is 2.93. The second-order valence-corrected chi connectivity index (χ2v) is 10.0. The van der Waals surface area contributed by atoms with Crippen LogP contribution in [0.2, 0.25) is 0 Å². The number of rotatable bonds is 13. The van der Waals surface area contributed by atoms with Crippen molar-refractivity contribution >= 4 is 29.4 Å². The number of carbonyl (C=O) groups is 1. The van der Waals surface area contributed by atoms with Crippen LogP contribution >= 0.6 is 0 Å². The Hall–Kier alpha value is -3.79. The van der Waals surface area contributed by atoms with Crippen LogP contribution in [0.5, 0.6) is 0 Å². The molecule has 8 nitrogen and oxygen atoms in total. The Morgan fingerprint density at radius 3 is 2.61 bits per heavy atom. The Morgan fingerprint density at radius 1 is 1.24 bits per heavy atom. The lowest BCUT2D eigenvalue weighted by Crippen LogP contribution is -2.41. The Bertz CT molecular complexity index is 1200. The fourth-order valence-electron chi connectivity index (χ4n) is 4.37. The third-order valence-corrected chi connectivity index (χ3v) is 6.09. The SMILES string of the molecule is C=C/C(=C\N(C)CC(F)CC(C)C)Nc1ncc(C=C)c(N(C)Cc2cc(F)cc(N3CCOCC3=O)c2)n1.CC. The Morgan fingerprint density at radius 2 is 1.98 bits per heavy atom. The fraction of sp³-hybridized carbons (Fsp3) is 0.452. The molecule has 3 rings (SSSR count). The fourth-order valence-corrected chi connectivity index (χ4v) is 4.37. The summed E-state index contributed by atoms with van der Waals surface area (Å²) >= 11 is 0. The number of aromatic nitrogens is 2. The molecule has 1 aliphatic heterocycles. The molecule has 0 radical (unpaired) electrons. The first-order valence-corrected chi connectivity index (χ1v) is 13.9. The highest BCUT2D eigenvalue weighted by Crippen LogP contribution is 2.25. The smallest absolute Gasteiger partial charge is 0.253 e. The van der Waals surface area contributed by atoms with Gasteiger partial charge in [-0.05, 0) is 42.2 Å². The third-order valence-electron chi connectivity index (χ3n) is 6.09. The maximum atomic E-state index is 14.5. The molecule has 0 bridgehead atoms. The van der Waals surface area contributed by atoms with Gasteiger partial charge >= 0.3 is 0 Å². The van der Waals surface area contributed by atoms with Gasteiger partial charge in [-0.25, -0.2) is 13.8 Å². The highest BCUT2D eigenvalue weighted by molar-refractivity contribution is 5.94. The van der Waals surface area contributed by atoms with E-state index in [1.807, 2.05) is 39.6 Å². The summed E-state index contributed by atoms with van der Waals surface area (Å²) in [6.07, 6.45) is 6.21. The maximum Gasteiger partial charge on any atom is 0.253 e. The molecule has 0 saturated carbocycles. The standard InChI is InChI=1S/C29H38F2N6O2.C2H6/c1-7-22-15-32-29(33-25(8-2)18-35(5)17-24(31)11-20(3)4)34-28(22)36(6)16-21-12-23(30)14-26(13-21)37-9-10-39-19-27(37)38;1-2/h7-8,12-15,18,20,24H,1-2,9-11,16-17,19H2,3-6H3,(H,32,33,34);1-2H3/b25-18+;. The van der Waals surface area contributed by atoms with E-state index in [2.05, 4.69) is 28.4 Å². The Labute approximate surface area is 243 Å². The van der Waals surface area contributed by atoms with E-state index in [9.17, 15) is 13.6 Å². The lowest BCUT2D eigenvalue weighted by atomic mass is 10.1. The van der Waals surface area contributed by atoms with E-state index in [1.165, 1.54) is 17.0 Å². The molecule has 224 valence electrons. The van der Waals surface area contributed by atoms with Crippen LogP contribution in [0.15, 0.2) is 55.5 Å². The van der Waals surface area contributed by atoms with Crippen LogP contribution in [-0.4, -0.2) is 67.3 Å². The molecule has 1 aromatic heterocycles. The number of alkyl halides is 1. The molecule has 1 saturated heterocycles. The highest BCUT2D eigenvalue weighted by atomic mass is 19.1. The minimum Gasteiger partial charge on any atom is -0.376 e. The molecule has 1 N–H and O–H groups in total. The number of amides is 1. The van der Waals surface area contributed by atoms with Gasteiger partial charge in [0, 0.05) is 57.4 Å². The van der Waals surface area contributed by atoms with Crippen molar-refractivity contribution in [3.63, 3.8) is 0 Å². The molecule has 2 heterocycles. The molecular weight excluding hydrogens is 526 g/mol. The van der Waals surface area contributed by atoms with Crippen LogP contribution in [0.1, 0.15) is 45.2 Å². The van der Waals surface area contributed by atoms with Gasteiger partial charge in [0.05, 0.1) is 12.3 Å². The van der Waals surface area contributed by atoms with Gasteiger partial charge in [-0.2, -0.15) is 4.98 Å². The minimum atomic E-state index is -0.939. The molecule has 1 atom stereocenters. The summed E-state index contributed by atoms with van der Waals surface area (Å²) in [6, 6.07) is 4.58. The van der Waals surface area contributed by atoms with Gasteiger partial charge in [-0.3, -0.25) is 4.79 Å². The topological polar surface area (TPSA) is 73.8 Å². The van der Waals surface area contributed by atoms with Crippen LogP contribution < -0.4 is 15.1 Å². The molecule has 41 heavy (non-hydrogen) atoms. The predicted octanol–water partition coefficient (Wildman–Crippen LogP) is 6.04. The van der Waals surface area contributed by atoms with Crippen molar-refractivity contribution in [2.75, 3.05) is 55.5 Å². The number of allylic oxidation sites excluding steroid dienone is 1. The monoisotopic (exact) mass is 570 g/mol. The molecular formula is C31H44F2N6O2. The summed E-state index contributed by atoms with van der Waals surface area (Å²) in [5, 5.41) is 3.13. The third kappa shape index (κ3) is 10.3. The number of carbonyl (C=O) groups excluding carboxylic acids is 1.